The zero-order valence-electron chi connectivity index (χ0n) is 16.7. The molecular weight excluding hydrogens is 403 g/mol. The molecule has 0 radical (unpaired) electrons. The van der Waals surface area contributed by atoms with Gasteiger partial charge in [0, 0.05) is 43.9 Å². The highest BCUT2D eigenvalue weighted by Gasteiger charge is 2.21. The van der Waals surface area contributed by atoms with Gasteiger partial charge >= 0.3 is 0 Å². The van der Waals surface area contributed by atoms with Crippen molar-refractivity contribution < 1.29 is 14.1 Å². The minimum atomic E-state index is -0.445. The molecule has 0 N–H and O–H groups in total. The van der Waals surface area contributed by atoms with Crippen molar-refractivity contribution in [1.29, 1.82) is 0 Å². The number of hydrogen-bond acceptors (Lipinski definition) is 6. The average Bonchev–Trinajstić information content (AvgIpc) is 3.24. The fraction of sp³-hybridized carbons (Fsp3) is 0.286. The lowest BCUT2D eigenvalue weighted by atomic mass is 10.1. The summed E-state index contributed by atoms with van der Waals surface area (Å²) in [5.74, 6) is 0.227. The van der Waals surface area contributed by atoms with Crippen LogP contribution in [-0.4, -0.2) is 61.6 Å². The van der Waals surface area contributed by atoms with Crippen LogP contribution in [0, 0.1) is 15.9 Å². The summed E-state index contributed by atoms with van der Waals surface area (Å²) in [4.78, 5) is 31.1. The van der Waals surface area contributed by atoms with E-state index in [2.05, 4.69) is 15.0 Å². The van der Waals surface area contributed by atoms with Gasteiger partial charge in [0.1, 0.15) is 12.1 Å². The van der Waals surface area contributed by atoms with Gasteiger partial charge in [-0.3, -0.25) is 19.8 Å². The summed E-state index contributed by atoms with van der Waals surface area (Å²) >= 11 is 0. The van der Waals surface area contributed by atoms with Crippen molar-refractivity contribution in [3.8, 4) is 11.4 Å². The normalized spacial score (nSPS) is 14.5. The molecule has 1 amide bonds. The van der Waals surface area contributed by atoms with Crippen LogP contribution in [0.2, 0.25) is 0 Å². The molecule has 160 valence electrons. The molecule has 2 aromatic carbocycles. The van der Waals surface area contributed by atoms with Crippen molar-refractivity contribution in [3.05, 3.63) is 76.4 Å². The van der Waals surface area contributed by atoms with E-state index in [1.807, 2.05) is 4.90 Å². The minimum Gasteiger partial charge on any atom is -0.340 e. The number of nitrogens with zero attached hydrogens (tertiary/aromatic N) is 6. The number of hydrogen-bond donors (Lipinski definition) is 0. The number of rotatable bonds is 6. The van der Waals surface area contributed by atoms with E-state index in [0.717, 1.165) is 5.56 Å². The molecule has 3 aromatic rings. The largest absolute Gasteiger partial charge is 0.340 e. The van der Waals surface area contributed by atoms with Crippen molar-refractivity contribution in [2.75, 3.05) is 26.2 Å². The maximum atomic E-state index is 13.0. The van der Waals surface area contributed by atoms with E-state index in [4.69, 9.17) is 0 Å². The van der Waals surface area contributed by atoms with Crippen LogP contribution in [0.5, 0.6) is 0 Å². The van der Waals surface area contributed by atoms with E-state index >= 15 is 0 Å². The Kier molecular flexibility index (Phi) is 5.99. The molecule has 10 heteroatoms. The summed E-state index contributed by atoms with van der Waals surface area (Å²) in [5.41, 5.74) is 1.53. The Morgan fingerprint density at radius 1 is 1.03 bits per heavy atom. The molecule has 0 spiro atoms. The van der Waals surface area contributed by atoms with Crippen molar-refractivity contribution in [3.63, 3.8) is 0 Å². The van der Waals surface area contributed by atoms with Crippen LogP contribution in [0.15, 0.2) is 54.9 Å². The van der Waals surface area contributed by atoms with Gasteiger partial charge < -0.3 is 4.90 Å². The van der Waals surface area contributed by atoms with Gasteiger partial charge in [-0.25, -0.2) is 14.1 Å². The number of non-ortho nitro benzene ring substituents is 1. The molecule has 31 heavy (non-hydrogen) atoms. The van der Waals surface area contributed by atoms with Gasteiger partial charge in [-0.2, -0.15) is 0 Å². The molecule has 4 rings (SSSR count). The number of carbonyl (C=O) groups is 1. The predicted octanol–water partition coefficient (Wildman–Crippen LogP) is 2.34. The Bertz CT molecular complexity index is 1060. The van der Waals surface area contributed by atoms with Gasteiger partial charge in [0.25, 0.3) is 5.69 Å². The first-order valence-electron chi connectivity index (χ1n) is 9.87. The van der Waals surface area contributed by atoms with Crippen LogP contribution in [0.3, 0.4) is 0 Å². The van der Waals surface area contributed by atoms with Crippen LogP contribution < -0.4 is 0 Å². The number of aromatic nitrogens is 3. The van der Waals surface area contributed by atoms with Crippen LogP contribution in [0.25, 0.3) is 11.4 Å². The lowest BCUT2D eigenvalue weighted by Gasteiger charge is -2.34. The van der Waals surface area contributed by atoms with Gasteiger partial charge in [0.15, 0.2) is 5.82 Å². The number of amides is 1. The molecule has 9 nitrogen and oxygen atoms in total. The SMILES string of the molecule is O=C(Cc1ccc(F)cc1)N1CCN(Cn2cnc(-c3ccc([N+](=O)[O-])cc3)n2)CC1. The molecule has 0 aliphatic carbocycles. The van der Waals surface area contributed by atoms with E-state index in [-0.39, 0.29) is 23.8 Å². The van der Waals surface area contributed by atoms with Crippen LogP contribution >= 0.6 is 0 Å². The Hall–Kier alpha value is -3.66. The molecule has 1 aromatic heterocycles. The highest BCUT2D eigenvalue weighted by Crippen LogP contribution is 2.19. The van der Waals surface area contributed by atoms with Crippen LogP contribution in [0.1, 0.15) is 5.56 Å². The molecule has 2 heterocycles. The quantitative estimate of drug-likeness (QED) is 0.445. The standard InChI is InChI=1S/C21H21FN6O3/c22-18-5-1-16(2-6-18)13-20(29)26-11-9-25(10-12-26)15-27-14-23-21(24-27)17-3-7-19(8-4-17)28(30)31/h1-8,14H,9-13,15H2. The van der Waals surface area contributed by atoms with E-state index in [1.165, 1.54) is 24.3 Å². The van der Waals surface area contributed by atoms with Crippen LogP contribution in [0.4, 0.5) is 10.1 Å². The third-order valence-electron chi connectivity index (χ3n) is 5.21. The molecule has 0 unspecified atom stereocenters. The van der Waals surface area contributed by atoms with Gasteiger partial charge in [-0.1, -0.05) is 12.1 Å². The number of halogens is 1. The summed E-state index contributed by atoms with van der Waals surface area (Å²) in [6.07, 6.45) is 1.89. The summed E-state index contributed by atoms with van der Waals surface area (Å²) in [5, 5.41) is 15.2. The monoisotopic (exact) mass is 424 g/mol. The third kappa shape index (κ3) is 5.10. The van der Waals surface area contributed by atoms with Crippen molar-refractivity contribution in [1.82, 2.24) is 24.6 Å². The van der Waals surface area contributed by atoms with E-state index in [0.29, 0.717) is 44.2 Å². The van der Waals surface area contributed by atoms with Crippen molar-refractivity contribution in [2.24, 2.45) is 0 Å². The Balaban J connectivity index is 1.28. The number of benzene rings is 2. The van der Waals surface area contributed by atoms with Gasteiger partial charge in [0.2, 0.25) is 5.91 Å². The predicted molar refractivity (Wildman–Crippen MR) is 110 cm³/mol. The van der Waals surface area contributed by atoms with E-state index < -0.39 is 4.92 Å². The van der Waals surface area contributed by atoms with Crippen molar-refractivity contribution in [2.45, 2.75) is 13.1 Å². The molecule has 1 fully saturated rings. The summed E-state index contributed by atoms with van der Waals surface area (Å²) in [6.45, 7) is 3.19. The molecule has 0 bridgehead atoms. The topological polar surface area (TPSA) is 97.4 Å². The lowest BCUT2D eigenvalue weighted by molar-refractivity contribution is -0.384. The Labute approximate surface area is 177 Å². The number of nitro groups is 1. The zero-order chi connectivity index (χ0) is 21.8. The smallest absolute Gasteiger partial charge is 0.269 e. The summed E-state index contributed by atoms with van der Waals surface area (Å²) < 4.78 is 14.7. The second-order valence-electron chi connectivity index (χ2n) is 7.36. The molecule has 0 atom stereocenters. The van der Waals surface area contributed by atoms with E-state index in [1.54, 1.807) is 35.3 Å². The molecule has 1 saturated heterocycles. The zero-order valence-corrected chi connectivity index (χ0v) is 16.7. The maximum absolute atomic E-state index is 13.0. The minimum absolute atomic E-state index is 0.0232. The third-order valence-corrected chi connectivity index (χ3v) is 5.21. The fourth-order valence-electron chi connectivity index (χ4n) is 3.46. The van der Waals surface area contributed by atoms with Gasteiger partial charge in [-0.05, 0) is 29.8 Å². The fourth-order valence-corrected chi connectivity index (χ4v) is 3.46. The maximum Gasteiger partial charge on any atom is 0.269 e. The molecular formula is C21H21FN6O3. The lowest BCUT2D eigenvalue weighted by Crippen LogP contribution is -2.49. The number of nitro benzene ring substituents is 1. The first-order valence-corrected chi connectivity index (χ1v) is 9.87. The Morgan fingerprint density at radius 3 is 2.35 bits per heavy atom. The van der Waals surface area contributed by atoms with Gasteiger partial charge in [0.05, 0.1) is 18.0 Å². The molecule has 1 aliphatic heterocycles. The van der Waals surface area contributed by atoms with Crippen LogP contribution in [-0.2, 0) is 17.9 Å². The first kappa shape index (κ1) is 20.6. The molecule has 0 saturated carbocycles. The second kappa shape index (κ2) is 9.00. The highest BCUT2D eigenvalue weighted by atomic mass is 19.1. The number of piperazine rings is 1. The van der Waals surface area contributed by atoms with E-state index in [9.17, 15) is 19.3 Å². The van der Waals surface area contributed by atoms with Gasteiger partial charge in [-0.15, -0.1) is 5.10 Å². The second-order valence-corrected chi connectivity index (χ2v) is 7.36. The Morgan fingerprint density at radius 2 is 1.71 bits per heavy atom. The number of carbonyl (C=O) groups excluding carboxylic acids is 1. The summed E-state index contributed by atoms with van der Waals surface area (Å²) in [6, 6.07) is 12.1. The van der Waals surface area contributed by atoms with Crippen molar-refractivity contribution >= 4 is 11.6 Å². The highest BCUT2D eigenvalue weighted by molar-refractivity contribution is 5.78. The molecule has 1 aliphatic rings. The summed E-state index contributed by atoms with van der Waals surface area (Å²) in [7, 11) is 0. The first-order chi connectivity index (χ1) is 15.0. The average molecular weight is 424 g/mol.